The van der Waals surface area contributed by atoms with Gasteiger partial charge in [0.05, 0.1) is 32.4 Å². The van der Waals surface area contributed by atoms with Crippen LogP contribution in [0.5, 0.6) is 23.5 Å². The molecule has 8 heteroatoms. The summed E-state index contributed by atoms with van der Waals surface area (Å²) in [6.45, 7) is 0. The van der Waals surface area contributed by atoms with Gasteiger partial charge in [-0.05, 0) is 12.1 Å². The van der Waals surface area contributed by atoms with Crippen LogP contribution < -0.4 is 14.2 Å². The predicted octanol–water partition coefficient (Wildman–Crippen LogP) is 2.73. The van der Waals surface area contributed by atoms with Crippen LogP contribution in [0.1, 0.15) is 10.4 Å². The molecule has 1 aromatic heterocycles. The molecule has 0 amide bonds. The number of carbonyl (C=O) groups excluding carboxylic acids is 1. The highest BCUT2D eigenvalue weighted by Gasteiger charge is 2.19. The quantitative estimate of drug-likeness (QED) is 0.782. The first-order chi connectivity index (χ1) is 10.6. The lowest BCUT2D eigenvalue weighted by Crippen LogP contribution is -2.06. The molecule has 0 fully saturated rings. The normalized spacial score (nSPS) is 10.0. The molecular formula is C14H13ClN2O5. The van der Waals surface area contributed by atoms with Gasteiger partial charge in [-0.15, -0.1) is 0 Å². The Bertz CT molecular complexity index is 671. The van der Waals surface area contributed by atoms with E-state index >= 15 is 0 Å². The van der Waals surface area contributed by atoms with Crippen LogP contribution in [0.3, 0.4) is 0 Å². The highest BCUT2D eigenvalue weighted by atomic mass is 35.5. The molecule has 1 heterocycles. The zero-order valence-electron chi connectivity index (χ0n) is 12.1. The minimum atomic E-state index is -0.629. The van der Waals surface area contributed by atoms with E-state index in [0.29, 0.717) is 0 Å². The molecule has 22 heavy (non-hydrogen) atoms. The van der Waals surface area contributed by atoms with Crippen LogP contribution in [0.2, 0.25) is 5.02 Å². The van der Waals surface area contributed by atoms with Gasteiger partial charge in [0.25, 0.3) is 0 Å². The summed E-state index contributed by atoms with van der Waals surface area (Å²) in [5.41, 5.74) is 0.0806. The van der Waals surface area contributed by atoms with E-state index < -0.39 is 5.97 Å². The van der Waals surface area contributed by atoms with Gasteiger partial charge in [0.1, 0.15) is 11.3 Å². The average molecular weight is 325 g/mol. The van der Waals surface area contributed by atoms with Crippen molar-refractivity contribution in [3.8, 4) is 23.5 Å². The van der Waals surface area contributed by atoms with Gasteiger partial charge in [0, 0.05) is 0 Å². The van der Waals surface area contributed by atoms with Crippen LogP contribution in [0.15, 0.2) is 24.3 Å². The summed E-state index contributed by atoms with van der Waals surface area (Å²) in [6.07, 6.45) is 0. The van der Waals surface area contributed by atoms with Crippen molar-refractivity contribution < 1.29 is 23.7 Å². The van der Waals surface area contributed by atoms with E-state index in [1.807, 2.05) is 0 Å². The summed E-state index contributed by atoms with van der Waals surface area (Å²) < 4.78 is 20.3. The molecule has 0 aliphatic rings. The van der Waals surface area contributed by atoms with Crippen LogP contribution in [-0.4, -0.2) is 37.3 Å². The molecule has 2 rings (SSSR count). The lowest BCUT2D eigenvalue weighted by atomic mass is 10.2. The van der Waals surface area contributed by atoms with Gasteiger partial charge >= 0.3 is 12.0 Å². The van der Waals surface area contributed by atoms with E-state index in [2.05, 4.69) is 9.97 Å². The number of benzene rings is 1. The predicted molar refractivity (Wildman–Crippen MR) is 78.0 cm³/mol. The maximum absolute atomic E-state index is 11.8. The highest BCUT2D eigenvalue weighted by Crippen LogP contribution is 2.31. The van der Waals surface area contributed by atoms with Gasteiger partial charge in [-0.1, -0.05) is 17.7 Å². The van der Waals surface area contributed by atoms with E-state index in [0.717, 1.165) is 0 Å². The first-order valence-electron chi connectivity index (χ1n) is 6.10. The highest BCUT2D eigenvalue weighted by molar-refractivity contribution is 6.34. The van der Waals surface area contributed by atoms with Gasteiger partial charge in [0.15, 0.2) is 0 Å². The Hall–Kier alpha value is -2.54. The molecule has 0 bridgehead atoms. The van der Waals surface area contributed by atoms with Crippen LogP contribution in [-0.2, 0) is 4.74 Å². The van der Waals surface area contributed by atoms with Gasteiger partial charge in [-0.25, -0.2) is 4.79 Å². The Morgan fingerprint density at radius 2 is 1.73 bits per heavy atom. The minimum Gasteiger partial charge on any atom is -0.481 e. The molecule has 0 aliphatic carbocycles. The van der Waals surface area contributed by atoms with Crippen molar-refractivity contribution in [1.29, 1.82) is 0 Å². The van der Waals surface area contributed by atoms with Crippen LogP contribution in [0.4, 0.5) is 0 Å². The maximum atomic E-state index is 11.8. The fourth-order valence-corrected chi connectivity index (χ4v) is 1.87. The molecule has 0 saturated heterocycles. The first kappa shape index (κ1) is 15.8. The van der Waals surface area contributed by atoms with E-state index in [-0.39, 0.29) is 34.1 Å². The van der Waals surface area contributed by atoms with Crippen molar-refractivity contribution in [2.45, 2.75) is 0 Å². The van der Waals surface area contributed by atoms with Gasteiger partial charge in [-0.2, -0.15) is 9.97 Å². The molecule has 0 saturated carbocycles. The fraction of sp³-hybridized carbons (Fsp3) is 0.214. The number of carbonyl (C=O) groups is 1. The first-order valence-corrected chi connectivity index (χ1v) is 6.48. The number of methoxy groups -OCH3 is 3. The number of hydrogen-bond acceptors (Lipinski definition) is 7. The van der Waals surface area contributed by atoms with E-state index in [9.17, 15) is 4.79 Å². The zero-order chi connectivity index (χ0) is 16.1. The van der Waals surface area contributed by atoms with Crippen molar-refractivity contribution in [3.63, 3.8) is 0 Å². The molecule has 1 aromatic carbocycles. The van der Waals surface area contributed by atoms with Crippen molar-refractivity contribution in [2.24, 2.45) is 0 Å². The van der Waals surface area contributed by atoms with E-state index in [1.54, 1.807) is 18.2 Å². The van der Waals surface area contributed by atoms with Gasteiger partial charge < -0.3 is 18.9 Å². The molecule has 0 spiro atoms. The smallest absolute Gasteiger partial charge is 0.343 e. The second-order valence-electron chi connectivity index (χ2n) is 3.94. The summed E-state index contributed by atoms with van der Waals surface area (Å²) in [6, 6.07) is 6.16. The van der Waals surface area contributed by atoms with Gasteiger partial charge in [0.2, 0.25) is 11.8 Å². The maximum Gasteiger partial charge on any atom is 0.343 e. The summed E-state index contributed by atoms with van der Waals surface area (Å²) in [7, 11) is 4.15. The standard InChI is InChI=1S/C14H13ClN2O5/c1-19-10-7-11(20-2)17-14(16-10)22-9-6-4-5-8(15)12(9)13(18)21-3/h4-7H,1-3H3. The molecular weight excluding hydrogens is 312 g/mol. The Balaban J connectivity index is 2.43. The molecule has 7 nitrogen and oxygen atoms in total. The summed E-state index contributed by atoms with van der Waals surface area (Å²) >= 11 is 6.02. The SMILES string of the molecule is COC(=O)c1c(Cl)cccc1Oc1nc(OC)cc(OC)n1. The van der Waals surface area contributed by atoms with Crippen molar-refractivity contribution in [2.75, 3.05) is 21.3 Å². The Labute approximate surface area is 131 Å². The Morgan fingerprint density at radius 1 is 1.09 bits per heavy atom. The minimum absolute atomic E-state index is 0.0522. The second kappa shape index (κ2) is 6.95. The lowest BCUT2D eigenvalue weighted by Gasteiger charge is -2.11. The summed E-state index contributed by atoms with van der Waals surface area (Å²) in [4.78, 5) is 19.9. The van der Waals surface area contributed by atoms with E-state index in [4.69, 9.17) is 30.5 Å². The van der Waals surface area contributed by atoms with Crippen molar-refractivity contribution in [1.82, 2.24) is 9.97 Å². The Kier molecular flexibility index (Phi) is 5.00. The molecule has 0 N–H and O–H groups in total. The average Bonchev–Trinajstić information content (AvgIpc) is 2.54. The number of ether oxygens (including phenoxy) is 4. The number of aromatic nitrogens is 2. The molecule has 2 aromatic rings. The molecule has 116 valence electrons. The van der Waals surface area contributed by atoms with Crippen LogP contribution in [0.25, 0.3) is 0 Å². The number of esters is 1. The van der Waals surface area contributed by atoms with Crippen LogP contribution in [0, 0.1) is 0 Å². The Morgan fingerprint density at radius 3 is 2.27 bits per heavy atom. The summed E-state index contributed by atoms with van der Waals surface area (Å²) in [5, 5.41) is 0.194. The summed E-state index contributed by atoms with van der Waals surface area (Å²) in [5.74, 6) is 0.0390. The molecule has 0 atom stereocenters. The zero-order valence-corrected chi connectivity index (χ0v) is 12.9. The number of rotatable bonds is 5. The number of nitrogens with zero attached hydrogens (tertiary/aromatic N) is 2. The lowest BCUT2D eigenvalue weighted by molar-refractivity contribution is 0.0598. The van der Waals surface area contributed by atoms with Gasteiger partial charge in [-0.3, -0.25) is 0 Å². The van der Waals surface area contributed by atoms with E-state index in [1.165, 1.54) is 27.4 Å². The third-order valence-electron chi connectivity index (χ3n) is 2.64. The largest absolute Gasteiger partial charge is 0.481 e. The number of hydrogen-bond donors (Lipinski definition) is 0. The molecule has 0 aliphatic heterocycles. The van der Waals surface area contributed by atoms with Crippen molar-refractivity contribution in [3.05, 3.63) is 34.9 Å². The second-order valence-corrected chi connectivity index (χ2v) is 4.35. The monoisotopic (exact) mass is 324 g/mol. The van der Waals surface area contributed by atoms with Crippen LogP contribution >= 0.6 is 11.6 Å². The third-order valence-corrected chi connectivity index (χ3v) is 2.96. The fourth-order valence-electron chi connectivity index (χ4n) is 1.63. The number of halogens is 1. The topological polar surface area (TPSA) is 79.8 Å². The third kappa shape index (κ3) is 3.37. The molecule has 0 unspecified atom stereocenters. The van der Waals surface area contributed by atoms with Crippen molar-refractivity contribution >= 4 is 17.6 Å². The molecule has 0 radical (unpaired) electrons.